The van der Waals surface area contributed by atoms with Gasteiger partial charge in [-0.3, -0.25) is 4.98 Å². The first-order valence-electron chi connectivity index (χ1n) is 5.34. The van der Waals surface area contributed by atoms with Gasteiger partial charge in [-0.1, -0.05) is 0 Å². The molecule has 1 aliphatic rings. The topological polar surface area (TPSA) is 24.9 Å². The van der Waals surface area contributed by atoms with Crippen LogP contribution in [0.2, 0.25) is 0 Å². The van der Waals surface area contributed by atoms with Crippen LogP contribution >= 0.6 is 43.6 Å². The normalized spacial score (nSPS) is 20.2. The number of hydrogen-bond donors (Lipinski definition) is 1. The molecular weight excluding hydrogens is 352 g/mol. The Bertz CT molecular complexity index is 354. The van der Waals surface area contributed by atoms with Gasteiger partial charge < -0.3 is 5.32 Å². The highest BCUT2D eigenvalue weighted by atomic mass is 79.9. The molecule has 1 unspecified atom stereocenters. The van der Waals surface area contributed by atoms with Gasteiger partial charge in [-0.05, 0) is 68.3 Å². The Balaban J connectivity index is 1.80. The Hall–Kier alpha value is 0.420. The van der Waals surface area contributed by atoms with Crippen LogP contribution in [0, 0.1) is 5.92 Å². The number of pyridine rings is 1. The van der Waals surface area contributed by atoms with Gasteiger partial charge in [0.05, 0.1) is 5.69 Å². The molecule has 1 aromatic rings. The van der Waals surface area contributed by atoms with E-state index in [4.69, 9.17) is 0 Å². The Kier molecular flexibility index (Phi) is 5.13. The van der Waals surface area contributed by atoms with Crippen LogP contribution in [0.4, 0.5) is 0 Å². The molecule has 0 aliphatic carbocycles. The first kappa shape index (κ1) is 12.9. The fraction of sp³-hybridized carbons (Fsp3) is 0.545. The lowest BCUT2D eigenvalue weighted by atomic mass is 10.1. The molecule has 0 radical (unpaired) electrons. The molecule has 1 atom stereocenters. The van der Waals surface area contributed by atoms with Crippen LogP contribution in [0.25, 0.3) is 0 Å². The second-order valence-corrected chi connectivity index (χ2v) is 6.86. The summed E-state index contributed by atoms with van der Waals surface area (Å²) in [6.45, 7) is 1.95. The van der Waals surface area contributed by atoms with E-state index >= 15 is 0 Å². The fourth-order valence-corrected chi connectivity index (χ4v) is 4.12. The van der Waals surface area contributed by atoms with E-state index in [1.54, 1.807) is 0 Å². The van der Waals surface area contributed by atoms with Crippen molar-refractivity contribution >= 4 is 43.6 Å². The van der Waals surface area contributed by atoms with E-state index in [1.807, 2.05) is 12.3 Å². The van der Waals surface area contributed by atoms with Crippen LogP contribution in [-0.4, -0.2) is 23.0 Å². The van der Waals surface area contributed by atoms with E-state index in [0.29, 0.717) is 0 Å². The summed E-state index contributed by atoms with van der Waals surface area (Å²) in [6.07, 6.45) is 3.19. The van der Waals surface area contributed by atoms with Crippen molar-refractivity contribution in [2.24, 2.45) is 5.92 Å². The van der Waals surface area contributed by atoms with Gasteiger partial charge in [0.25, 0.3) is 0 Å². The first-order valence-corrected chi connectivity index (χ1v) is 8.08. The quantitative estimate of drug-likeness (QED) is 0.884. The van der Waals surface area contributed by atoms with Gasteiger partial charge in [-0.2, -0.15) is 11.8 Å². The van der Waals surface area contributed by atoms with E-state index in [9.17, 15) is 0 Å². The summed E-state index contributed by atoms with van der Waals surface area (Å²) in [6, 6.07) is 2.04. The molecule has 2 heterocycles. The summed E-state index contributed by atoms with van der Waals surface area (Å²) in [7, 11) is 0. The zero-order valence-corrected chi connectivity index (χ0v) is 12.9. The molecule has 0 spiro atoms. The molecule has 1 aromatic heterocycles. The molecule has 88 valence electrons. The maximum absolute atomic E-state index is 4.38. The van der Waals surface area contributed by atoms with E-state index in [1.165, 1.54) is 17.9 Å². The molecule has 1 N–H and O–H groups in total. The SMILES string of the molecule is Brc1cnc(CNCC2CCSC2)c(Br)c1. The summed E-state index contributed by atoms with van der Waals surface area (Å²) in [4.78, 5) is 4.38. The van der Waals surface area contributed by atoms with E-state index in [2.05, 4.69) is 53.9 Å². The third kappa shape index (κ3) is 3.72. The Morgan fingerprint density at radius 2 is 2.38 bits per heavy atom. The van der Waals surface area contributed by atoms with Crippen molar-refractivity contribution < 1.29 is 0 Å². The number of halogens is 2. The van der Waals surface area contributed by atoms with Crippen molar-refractivity contribution in [3.8, 4) is 0 Å². The summed E-state index contributed by atoms with van der Waals surface area (Å²) < 4.78 is 2.07. The van der Waals surface area contributed by atoms with Gasteiger partial charge in [0.1, 0.15) is 0 Å². The molecule has 1 aliphatic heterocycles. The van der Waals surface area contributed by atoms with Gasteiger partial charge >= 0.3 is 0 Å². The first-order chi connectivity index (χ1) is 7.75. The standard InChI is InChI=1S/C11H14Br2N2S/c12-9-3-10(13)11(15-5-9)6-14-4-8-1-2-16-7-8/h3,5,8,14H,1-2,4,6-7H2. The van der Waals surface area contributed by atoms with Gasteiger partial charge in [0, 0.05) is 21.7 Å². The minimum atomic E-state index is 0.842. The van der Waals surface area contributed by atoms with Crippen LogP contribution < -0.4 is 5.32 Å². The zero-order valence-electron chi connectivity index (χ0n) is 8.88. The Morgan fingerprint density at radius 1 is 1.50 bits per heavy atom. The predicted molar refractivity (Wildman–Crippen MR) is 76.8 cm³/mol. The minimum absolute atomic E-state index is 0.842. The highest BCUT2D eigenvalue weighted by Crippen LogP contribution is 2.23. The maximum Gasteiger partial charge on any atom is 0.0684 e. The molecule has 0 aromatic carbocycles. The number of nitrogens with zero attached hydrogens (tertiary/aromatic N) is 1. The molecule has 1 saturated heterocycles. The van der Waals surface area contributed by atoms with E-state index in [0.717, 1.165) is 33.6 Å². The molecule has 0 bridgehead atoms. The number of rotatable bonds is 4. The molecule has 5 heteroatoms. The van der Waals surface area contributed by atoms with Crippen molar-refractivity contribution in [1.29, 1.82) is 0 Å². The van der Waals surface area contributed by atoms with Crippen molar-refractivity contribution in [2.45, 2.75) is 13.0 Å². The van der Waals surface area contributed by atoms with Gasteiger partial charge in [0.2, 0.25) is 0 Å². The van der Waals surface area contributed by atoms with Crippen molar-refractivity contribution in [3.05, 3.63) is 26.9 Å². The number of hydrogen-bond acceptors (Lipinski definition) is 3. The molecule has 2 nitrogen and oxygen atoms in total. The molecule has 16 heavy (non-hydrogen) atoms. The maximum atomic E-state index is 4.38. The van der Waals surface area contributed by atoms with Gasteiger partial charge in [0.15, 0.2) is 0 Å². The average molecular weight is 366 g/mol. The molecule has 0 saturated carbocycles. The molecule has 1 fully saturated rings. The minimum Gasteiger partial charge on any atom is -0.311 e. The summed E-state index contributed by atoms with van der Waals surface area (Å²) in [5, 5.41) is 3.48. The number of aromatic nitrogens is 1. The summed E-state index contributed by atoms with van der Waals surface area (Å²) in [5.41, 5.74) is 1.08. The third-order valence-corrected chi connectivity index (χ3v) is 4.99. The Labute approximate surface area is 117 Å². The van der Waals surface area contributed by atoms with Crippen molar-refractivity contribution in [2.75, 3.05) is 18.1 Å². The number of nitrogens with one attached hydrogen (secondary N) is 1. The van der Waals surface area contributed by atoms with E-state index < -0.39 is 0 Å². The second kappa shape index (κ2) is 6.38. The third-order valence-electron chi connectivity index (χ3n) is 2.63. The largest absolute Gasteiger partial charge is 0.311 e. The van der Waals surface area contributed by atoms with Crippen molar-refractivity contribution in [3.63, 3.8) is 0 Å². The smallest absolute Gasteiger partial charge is 0.0684 e. The van der Waals surface area contributed by atoms with Crippen LogP contribution in [0.15, 0.2) is 21.2 Å². The van der Waals surface area contributed by atoms with Crippen LogP contribution in [0.1, 0.15) is 12.1 Å². The second-order valence-electron chi connectivity index (χ2n) is 3.94. The molecule has 2 rings (SSSR count). The lowest BCUT2D eigenvalue weighted by Crippen LogP contribution is -2.22. The fourth-order valence-electron chi connectivity index (χ4n) is 1.71. The van der Waals surface area contributed by atoms with E-state index in [-0.39, 0.29) is 0 Å². The Morgan fingerprint density at radius 3 is 3.06 bits per heavy atom. The van der Waals surface area contributed by atoms with Crippen LogP contribution in [0.3, 0.4) is 0 Å². The zero-order chi connectivity index (χ0) is 11.4. The van der Waals surface area contributed by atoms with Crippen molar-refractivity contribution in [1.82, 2.24) is 10.3 Å². The number of thioether (sulfide) groups is 1. The van der Waals surface area contributed by atoms with Gasteiger partial charge in [-0.15, -0.1) is 0 Å². The highest BCUT2D eigenvalue weighted by Gasteiger charge is 2.14. The average Bonchev–Trinajstić information content (AvgIpc) is 2.74. The summed E-state index contributed by atoms with van der Waals surface area (Å²) in [5.74, 6) is 3.48. The lowest BCUT2D eigenvalue weighted by molar-refractivity contribution is 0.519. The summed E-state index contributed by atoms with van der Waals surface area (Å²) >= 11 is 8.99. The molecule has 0 amide bonds. The molecular formula is C11H14Br2N2S. The predicted octanol–water partition coefficient (Wildman–Crippen LogP) is 3.45. The highest BCUT2D eigenvalue weighted by molar-refractivity contribution is 9.11. The lowest BCUT2D eigenvalue weighted by Gasteiger charge is -2.10. The monoisotopic (exact) mass is 364 g/mol. The van der Waals surface area contributed by atoms with Gasteiger partial charge in [-0.25, -0.2) is 0 Å². The van der Waals surface area contributed by atoms with Crippen LogP contribution in [0.5, 0.6) is 0 Å². The van der Waals surface area contributed by atoms with Crippen LogP contribution in [-0.2, 0) is 6.54 Å².